The summed E-state index contributed by atoms with van der Waals surface area (Å²) in [7, 11) is 1.65. The number of ether oxygens (including phenoxy) is 1. The highest BCUT2D eigenvalue weighted by Crippen LogP contribution is 2.28. The molecule has 0 radical (unpaired) electrons. The first-order valence-electron chi connectivity index (χ1n) is 9.50. The quantitative estimate of drug-likeness (QED) is 0.684. The van der Waals surface area contributed by atoms with E-state index in [1.54, 1.807) is 7.11 Å². The molecule has 0 bridgehead atoms. The molecule has 0 aromatic heterocycles. The van der Waals surface area contributed by atoms with Gasteiger partial charge in [-0.05, 0) is 54.7 Å². The number of benzene rings is 2. The molecule has 0 heterocycles. The molecule has 29 heavy (non-hydrogen) atoms. The lowest BCUT2D eigenvalue weighted by Crippen LogP contribution is -2.26. The van der Waals surface area contributed by atoms with Crippen LogP contribution < -0.4 is 15.5 Å². The van der Waals surface area contributed by atoms with Crippen molar-refractivity contribution < 1.29 is 14.3 Å². The van der Waals surface area contributed by atoms with Gasteiger partial charge in [0.25, 0.3) is 0 Å². The lowest BCUT2D eigenvalue weighted by molar-refractivity contribution is -0.118. The summed E-state index contributed by atoms with van der Waals surface area (Å²) < 4.78 is 5.30. The van der Waals surface area contributed by atoms with E-state index in [9.17, 15) is 9.59 Å². The Morgan fingerprint density at radius 1 is 1.10 bits per heavy atom. The molecule has 0 fully saturated rings. The zero-order valence-electron chi connectivity index (χ0n) is 16.6. The van der Waals surface area contributed by atoms with Crippen molar-refractivity contribution in [3.05, 3.63) is 59.7 Å². The number of anilines is 1. The number of nitrogens with one attached hydrogen (secondary N) is 2. The van der Waals surface area contributed by atoms with Crippen LogP contribution in [0.1, 0.15) is 24.5 Å². The number of amides is 2. The van der Waals surface area contributed by atoms with E-state index >= 15 is 0 Å². The molecular weight excluding hydrogens is 386 g/mol. The molecule has 1 aliphatic carbocycles. The second-order valence-electron chi connectivity index (χ2n) is 7.04. The zero-order chi connectivity index (χ0) is 20.6. The van der Waals surface area contributed by atoms with Gasteiger partial charge in [-0.15, -0.1) is 11.8 Å². The lowest BCUT2D eigenvalue weighted by atomic mass is 9.83. The lowest BCUT2D eigenvalue weighted by Gasteiger charge is -2.23. The number of hydrogen-bond donors (Lipinski definition) is 2. The summed E-state index contributed by atoms with van der Waals surface area (Å²) in [5, 5.41) is 7.15. The Morgan fingerprint density at radius 3 is 2.62 bits per heavy atom. The molecule has 0 aliphatic heterocycles. The van der Waals surface area contributed by atoms with E-state index in [1.165, 1.54) is 17.3 Å². The van der Waals surface area contributed by atoms with Gasteiger partial charge >= 0.3 is 0 Å². The summed E-state index contributed by atoms with van der Waals surface area (Å²) in [6.45, 7) is 2.17. The summed E-state index contributed by atoms with van der Waals surface area (Å²) in [6.07, 6.45) is 1.78. The highest BCUT2D eigenvalue weighted by molar-refractivity contribution is 8.00. The minimum Gasteiger partial charge on any atom is -0.497 e. The van der Waals surface area contributed by atoms with E-state index in [4.69, 9.17) is 4.74 Å². The number of fused-ring (bicyclic) bond motifs is 1. The van der Waals surface area contributed by atoms with Crippen molar-refractivity contribution in [2.75, 3.05) is 23.9 Å². The first-order chi connectivity index (χ1) is 14.0. The van der Waals surface area contributed by atoms with Crippen LogP contribution in [-0.2, 0) is 16.0 Å². The average Bonchev–Trinajstić information content (AvgIpc) is 2.72. The van der Waals surface area contributed by atoms with Gasteiger partial charge in [-0.25, -0.2) is 5.43 Å². The van der Waals surface area contributed by atoms with Crippen molar-refractivity contribution in [3.63, 3.8) is 0 Å². The van der Waals surface area contributed by atoms with E-state index in [0.29, 0.717) is 5.92 Å². The normalized spacial score (nSPS) is 16.8. The number of carbonyl (C=O) groups is 2. The minimum atomic E-state index is -0.219. The summed E-state index contributed by atoms with van der Waals surface area (Å²) >= 11 is 1.26. The average molecular weight is 412 g/mol. The molecule has 1 aliphatic rings. The summed E-state index contributed by atoms with van der Waals surface area (Å²) in [5.74, 6) is 1.29. The van der Waals surface area contributed by atoms with Crippen molar-refractivity contribution in [1.82, 2.24) is 5.43 Å². The molecule has 2 N–H and O–H groups in total. The number of hydrazone groups is 1. The molecule has 2 aromatic rings. The predicted molar refractivity (Wildman–Crippen MR) is 118 cm³/mol. The minimum absolute atomic E-state index is 0.135. The molecule has 2 amide bonds. The molecule has 0 saturated heterocycles. The second-order valence-corrected chi connectivity index (χ2v) is 8.02. The van der Waals surface area contributed by atoms with Crippen molar-refractivity contribution in [2.45, 2.75) is 19.8 Å². The van der Waals surface area contributed by atoms with Crippen LogP contribution in [0.2, 0.25) is 0 Å². The number of methoxy groups -OCH3 is 1. The van der Waals surface area contributed by atoms with Crippen LogP contribution in [0.3, 0.4) is 0 Å². The predicted octanol–water partition coefficient (Wildman–Crippen LogP) is 3.47. The maximum absolute atomic E-state index is 12.1. The number of nitrogens with zero attached hydrogens (tertiary/aromatic N) is 1. The first kappa shape index (κ1) is 20.9. The fourth-order valence-electron chi connectivity index (χ4n) is 3.26. The monoisotopic (exact) mass is 411 g/mol. The van der Waals surface area contributed by atoms with Gasteiger partial charge in [0.15, 0.2) is 0 Å². The topological polar surface area (TPSA) is 79.8 Å². The van der Waals surface area contributed by atoms with E-state index in [0.717, 1.165) is 35.6 Å². The third-order valence-corrected chi connectivity index (χ3v) is 5.51. The van der Waals surface area contributed by atoms with Gasteiger partial charge in [-0.2, -0.15) is 5.10 Å². The molecule has 0 spiro atoms. The molecule has 6 nitrogen and oxygen atoms in total. The highest BCUT2D eigenvalue weighted by Gasteiger charge is 2.21. The van der Waals surface area contributed by atoms with Crippen LogP contribution in [0, 0.1) is 5.92 Å². The molecule has 1 atom stereocenters. The van der Waals surface area contributed by atoms with E-state index < -0.39 is 0 Å². The molecule has 0 unspecified atom stereocenters. The third-order valence-electron chi connectivity index (χ3n) is 4.57. The van der Waals surface area contributed by atoms with Gasteiger partial charge in [0.2, 0.25) is 11.8 Å². The zero-order valence-corrected chi connectivity index (χ0v) is 17.4. The number of para-hydroxylation sites is 1. The number of carbonyl (C=O) groups excluding carboxylic acids is 2. The van der Waals surface area contributed by atoms with Gasteiger partial charge < -0.3 is 10.1 Å². The Labute approximate surface area is 175 Å². The van der Waals surface area contributed by atoms with Gasteiger partial charge in [0, 0.05) is 11.3 Å². The maximum atomic E-state index is 12.1. The third kappa shape index (κ3) is 6.09. The summed E-state index contributed by atoms with van der Waals surface area (Å²) in [5.41, 5.74) is 6.49. The molecule has 7 heteroatoms. The SMILES string of the molecule is COc1ccc2c(c1)C[C@@H](C)C/C2=N/NC(=O)CSCC(=O)Nc1ccccc1. The molecule has 152 valence electrons. The van der Waals surface area contributed by atoms with E-state index in [1.807, 2.05) is 48.5 Å². The highest BCUT2D eigenvalue weighted by atomic mass is 32.2. The standard InChI is InChI=1S/C22H25N3O3S/c1-15-10-16-12-18(28-2)8-9-19(16)20(11-15)24-25-22(27)14-29-13-21(26)23-17-6-4-3-5-7-17/h3-9,12,15H,10-11,13-14H2,1-2H3,(H,23,26)(H,25,27)/b24-20-/t15-/m1/s1. The first-order valence-corrected chi connectivity index (χ1v) is 10.7. The Kier molecular flexibility index (Phi) is 7.30. The fourth-order valence-corrected chi connectivity index (χ4v) is 3.87. The summed E-state index contributed by atoms with van der Waals surface area (Å²) in [6, 6.07) is 15.2. The van der Waals surface area contributed by atoms with Crippen LogP contribution in [0.4, 0.5) is 5.69 Å². The largest absolute Gasteiger partial charge is 0.497 e. The van der Waals surface area contributed by atoms with Crippen molar-refractivity contribution in [3.8, 4) is 5.75 Å². The smallest absolute Gasteiger partial charge is 0.250 e. The Balaban J connectivity index is 1.50. The van der Waals surface area contributed by atoms with Gasteiger partial charge in [0.05, 0.1) is 24.3 Å². The molecule has 3 rings (SSSR count). The van der Waals surface area contributed by atoms with E-state index in [2.05, 4.69) is 22.8 Å². The molecule has 2 aromatic carbocycles. The Bertz CT molecular complexity index is 899. The number of rotatable bonds is 7. The summed E-state index contributed by atoms with van der Waals surface area (Å²) in [4.78, 5) is 24.1. The van der Waals surface area contributed by atoms with Crippen molar-refractivity contribution in [1.29, 1.82) is 0 Å². The maximum Gasteiger partial charge on any atom is 0.250 e. The van der Waals surface area contributed by atoms with Crippen molar-refractivity contribution >= 4 is 35.0 Å². The Hall–Kier alpha value is -2.80. The molecular formula is C22H25N3O3S. The van der Waals surface area contributed by atoms with E-state index in [-0.39, 0.29) is 23.3 Å². The second kappa shape index (κ2) is 10.1. The van der Waals surface area contributed by atoms with Crippen LogP contribution in [0.25, 0.3) is 0 Å². The van der Waals surface area contributed by atoms with Gasteiger partial charge in [-0.1, -0.05) is 25.1 Å². The fraction of sp³-hybridized carbons (Fsp3) is 0.318. The Morgan fingerprint density at radius 2 is 1.86 bits per heavy atom. The molecule has 0 saturated carbocycles. The van der Waals surface area contributed by atoms with Crippen LogP contribution >= 0.6 is 11.8 Å². The van der Waals surface area contributed by atoms with Gasteiger partial charge in [-0.3, -0.25) is 9.59 Å². The van der Waals surface area contributed by atoms with Gasteiger partial charge in [0.1, 0.15) is 5.75 Å². The number of hydrogen-bond acceptors (Lipinski definition) is 5. The van der Waals surface area contributed by atoms with Crippen LogP contribution in [0.15, 0.2) is 53.6 Å². The van der Waals surface area contributed by atoms with Crippen LogP contribution in [-0.4, -0.2) is 36.1 Å². The van der Waals surface area contributed by atoms with Crippen molar-refractivity contribution in [2.24, 2.45) is 11.0 Å². The number of thioether (sulfide) groups is 1. The van der Waals surface area contributed by atoms with Crippen LogP contribution in [0.5, 0.6) is 5.75 Å².